The Morgan fingerprint density at radius 2 is 1.93 bits per heavy atom. The zero-order valence-corrected chi connectivity index (χ0v) is 17.5. The largest absolute Gasteiger partial charge is 0.478 e. The molecular formula is C21H20ClN3O4S. The third kappa shape index (κ3) is 5.79. The van der Waals surface area contributed by atoms with E-state index in [4.69, 9.17) is 16.7 Å². The van der Waals surface area contributed by atoms with Crippen LogP contribution in [0.5, 0.6) is 0 Å². The van der Waals surface area contributed by atoms with Crippen LogP contribution in [0.25, 0.3) is 6.08 Å². The van der Waals surface area contributed by atoms with E-state index in [9.17, 15) is 13.2 Å². The Morgan fingerprint density at radius 3 is 2.60 bits per heavy atom. The van der Waals surface area contributed by atoms with Crippen molar-refractivity contribution in [2.24, 2.45) is 0 Å². The number of hydrogen-bond acceptors (Lipinski definition) is 4. The van der Waals surface area contributed by atoms with Crippen LogP contribution < -0.4 is 4.72 Å². The molecular weight excluding hydrogens is 426 g/mol. The number of benzene rings is 1. The summed E-state index contributed by atoms with van der Waals surface area (Å²) < 4.78 is 29.4. The highest BCUT2D eigenvalue weighted by molar-refractivity contribution is 7.89. The smallest absolute Gasteiger partial charge is 0.328 e. The Balaban J connectivity index is 1.76. The van der Waals surface area contributed by atoms with E-state index in [0.717, 1.165) is 17.3 Å². The van der Waals surface area contributed by atoms with Crippen molar-refractivity contribution in [1.82, 2.24) is 14.3 Å². The first-order valence-electron chi connectivity index (χ1n) is 9.09. The zero-order valence-electron chi connectivity index (χ0n) is 15.9. The maximum atomic E-state index is 12.4. The van der Waals surface area contributed by atoms with Gasteiger partial charge in [0.05, 0.1) is 4.90 Å². The van der Waals surface area contributed by atoms with Crippen LogP contribution in [0.4, 0.5) is 0 Å². The second kappa shape index (κ2) is 9.71. The minimum Gasteiger partial charge on any atom is -0.478 e. The van der Waals surface area contributed by atoms with Gasteiger partial charge in [0.15, 0.2) is 0 Å². The van der Waals surface area contributed by atoms with Crippen LogP contribution in [0.15, 0.2) is 71.9 Å². The first-order chi connectivity index (χ1) is 14.3. The van der Waals surface area contributed by atoms with Gasteiger partial charge in [0, 0.05) is 54.4 Å². The Labute approximate surface area is 179 Å². The van der Waals surface area contributed by atoms with Crippen LogP contribution in [0.3, 0.4) is 0 Å². The van der Waals surface area contributed by atoms with E-state index < -0.39 is 16.0 Å². The molecule has 3 aromatic rings. The van der Waals surface area contributed by atoms with E-state index in [0.29, 0.717) is 23.7 Å². The van der Waals surface area contributed by atoms with Crippen molar-refractivity contribution in [2.75, 3.05) is 6.54 Å². The first kappa shape index (κ1) is 21.8. The lowest BCUT2D eigenvalue weighted by Crippen LogP contribution is -2.26. The van der Waals surface area contributed by atoms with Crippen molar-refractivity contribution in [1.29, 1.82) is 0 Å². The van der Waals surface area contributed by atoms with Crippen molar-refractivity contribution < 1.29 is 18.3 Å². The molecule has 0 saturated heterocycles. The maximum absolute atomic E-state index is 12.4. The summed E-state index contributed by atoms with van der Waals surface area (Å²) in [4.78, 5) is 15.1. The van der Waals surface area contributed by atoms with E-state index in [2.05, 4.69) is 9.71 Å². The van der Waals surface area contributed by atoms with Crippen LogP contribution >= 0.6 is 11.6 Å². The number of hydrogen-bond donors (Lipinski definition) is 2. The number of nitrogens with zero attached hydrogens (tertiary/aromatic N) is 2. The number of sulfonamides is 1. The summed E-state index contributed by atoms with van der Waals surface area (Å²) >= 11 is 5.81. The molecule has 0 amide bonds. The summed E-state index contributed by atoms with van der Waals surface area (Å²) in [5.41, 5.74) is 2.51. The van der Waals surface area contributed by atoms with Gasteiger partial charge in [-0.25, -0.2) is 17.9 Å². The van der Waals surface area contributed by atoms with Gasteiger partial charge >= 0.3 is 5.97 Å². The number of carbonyl (C=O) groups is 1. The van der Waals surface area contributed by atoms with Gasteiger partial charge in [0.25, 0.3) is 0 Å². The van der Waals surface area contributed by atoms with Gasteiger partial charge in [-0.1, -0.05) is 17.7 Å². The molecule has 0 saturated carbocycles. The Bertz CT molecular complexity index is 1140. The number of rotatable bonds is 9. The van der Waals surface area contributed by atoms with E-state index in [-0.39, 0.29) is 11.4 Å². The Hall–Kier alpha value is -2.94. The summed E-state index contributed by atoms with van der Waals surface area (Å²) in [5, 5.41) is 9.39. The fourth-order valence-corrected chi connectivity index (χ4v) is 4.08. The Morgan fingerprint density at radius 1 is 1.17 bits per heavy atom. The summed E-state index contributed by atoms with van der Waals surface area (Å²) in [5.74, 6) is -1.04. The molecule has 2 aromatic heterocycles. The second-order valence-electron chi connectivity index (χ2n) is 6.47. The van der Waals surface area contributed by atoms with E-state index >= 15 is 0 Å². The van der Waals surface area contributed by atoms with Crippen LogP contribution in [0.2, 0.25) is 5.02 Å². The molecule has 7 nitrogen and oxygen atoms in total. The van der Waals surface area contributed by atoms with Gasteiger partial charge in [-0.2, -0.15) is 0 Å². The fourth-order valence-electron chi connectivity index (χ4n) is 2.93. The minimum atomic E-state index is -3.65. The SMILES string of the molecule is O=C(O)C=Cc1ccc(CCNS(=O)(=O)c2ccc(Cl)cc2)n1Cc1cccnc1. The Kier molecular flexibility index (Phi) is 7.04. The van der Waals surface area contributed by atoms with Crippen molar-refractivity contribution in [3.05, 3.63) is 89.0 Å². The maximum Gasteiger partial charge on any atom is 0.328 e. The molecule has 0 unspecified atom stereocenters. The van der Waals surface area contributed by atoms with Crippen molar-refractivity contribution in [3.63, 3.8) is 0 Å². The number of carboxylic acids is 1. The van der Waals surface area contributed by atoms with Crippen LogP contribution in [-0.2, 0) is 27.8 Å². The molecule has 0 radical (unpaired) electrons. The molecule has 156 valence electrons. The minimum absolute atomic E-state index is 0.141. The molecule has 0 bridgehead atoms. The topological polar surface area (TPSA) is 101 Å². The molecule has 3 rings (SSSR count). The molecule has 1 aromatic carbocycles. The number of pyridine rings is 1. The van der Waals surface area contributed by atoms with E-state index in [1.54, 1.807) is 18.5 Å². The zero-order chi connectivity index (χ0) is 21.6. The molecule has 2 N–H and O–H groups in total. The first-order valence-corrected chi connectivity index (χ1v) is 10.9. The van der Waals surface area contributed by atoms with Crippen LogP contribution in [-0.4, -0.2) is 35.6 Å². The molecule has 0 aliphatic heterocycles. The third-order valence-corrected chi connectivity index (χ3v) is 6.09. The average Bonchev–Trinajstić information content (AvgIpc) is 3.09. The number of carboxylic acid groups (broad SMARTS) is 1. The van der Waals surface area contributed by atoms with E-state index in [1.165, 1.54) is 30.3 Å². The molecule has 0 aliphatic rings. The lowest BCUT2D eigenvalue weighted by atomic mass is 10.2. The van der Waals surface area contributed by atoms with Crippen molar-refractivity contribution in [3.8, 4) is 0 Å². The van der Waals surface area contributed by atoms with Crippen molar-refractivity contribution in [2.45, 2.75) is 17.9 Å². The van der Waals surface area contributed by atoms with Gasteiger partial charge in [-0.05, 0) is 54.1 Å². The predicted molar refractivity (Wildman–Crippen MR) is 115 cm³/mol. The van der Waals surface area contributed by atoms with E-state index in [1.807, 2.05) is 22.8 Å². The summed E-state index contributed by atoms with van der Waals surface area (Å²) in [6.07, 6.45) is 6.42. The third-order valence-electron chi connectivity index (χ3n) is 4.36. The molecule has 9 heteroatoms. The van der Waals surface area contributed by atoms with Gasteiger partial charge < -0.3 is 9.67 Å². The van der Waals surface area contributed by atoms with Gasteiger partial charge in [0.2, 0.25) is 10.0 Å². The highest BCUT2D eigenvalue weighted by Crippen LogP contribution is 2.16. The number of nitrogens with one attached hydrogen (secondary N) is 1. The molecule has 30 heavy (non-hydrogen) atoms. The monoisotopic (exact) mass is 445 g/mol. The number of halogens is 1. The van der Waals surface area contributed by atoms with Crippen LogP contribution in [0, 0.1) is 0 Å². The molecule has 0 spiro atoms. The second-order valence-corrected chi connectivity index (χ2v) is 8.67. The normalized spacial score (nSPS) is 11.8. The highest BCUT2D eigenvalue weighted by Gasteiger charge is 2.14. The molecule has 0 atom stereocenters. The number of aliphatic carboxylic acids is 1. The standard InChI is InChI=1S/C21H20ClN3O4S/c22-17-3-8-20(9-4-17)30(28,29)24-13-11-19-6-5-18(7-10-21(26)27)25(19)15-16-2-1-12-23-14-16/h1-10,12,14,24H,11,13,15H2,(H,26,27). The summed E-state index contributed by atoms with van der Waals surface area (Å²) in [6, 6.07) is 13.4. The van der Waals surface area contributed by atoms with Gasteiger partial charge in [0.1, 0.15) is 0 Å². The number of aromatic nitrogens is 2. The lowest BCUT2D eigenvalue weighted by Gasteiger charge is -2.13. The fraction of sp³-hybridized carbons (Fsp3) is 0.143. The predicted octanol–water partition coefficient (Wildman–Crippen LogP) is 3.20. The lowest BCUT2D eigenvalue weighted by molar-refractivity contribution is -0.131. The summed E-state index contributed by atoms with van der Waals surface area (Å²) in [6.45, 7) is 0.670. The van der Waals surface area contributed by atoms with Crippen molar-refractivity contribution >= 4 is 33.7 Å². The molecule has 0 fully saturated rings. The van der Waals surface area contributed by atoms with Gasteiger partial charge in [-0.3, -0.25) is 4.98 Å². The molecule has 0 aliphatic carbocycles. The van der Waals surface area contributed by atoms with Crippen LogP contribution in [0.1, 0.15) is 17.0 Å². The quantitative estimate of drug-likeness (QED) is 0.492. The summed E-state index contributed by atoms with van der Waals surface area (Å²) in [7, 11) is -3.65. The molecule has 2 heterocycles. The average molecular weight is 446 g/mol. The van der Waals surface area contributed by atoms with Gasteiger partial charge in [-0.15, -0.1) is 0 Å². The highest BCUT2D eigenvalue weighted by atomic mass is 35.5.